The van der Waals surface area contributed by atoms with Gasteiger partial charge in [-0.1, -0.05) is 11.6 Å². The lowest BCUT2D eigenvalue weighted by Crippen LogP contribution is -1.91. The minimum absolute atomic E-state index is 0.158. The highest BCUT2D eigenvalue weighted by Crippen LogP contribution is 2.18. The maximum atomic E-state index is 8.61. The molecule has 0 saturated carbocycles. The van der Waals surface area contributed by atoms with Crippen molar-refractivity contribution in [2.24, 2.45) is 0 Å². The van der Waals surface area contributed by atoms with Crippen LogP contribution in [0, 0.1) is 11.3 Å². The minimum atomic E-state index is 0.158. The maximum absolute atomic E-state index is 8.61. The van der Waals surface area contributed by atoms with Crippen LogP contribution >= 0.6 is 22.9 Å². The Morgan fingerprint density at radius 1 is 1.43 bits per heavy atom. The van der Waals surface area contributed by atoms with E-state index >= 15 is 0 Å². The molecule has 2 aromatic rings. The molecule has 0 unspecified atom stereocenters. The van der Waals surface area contributed by atoms with Gasteiger partial charge in [0.25, 0.3) is 0 Å². The second-order valence-electron chi connectivity index (χ2n) is 2.38. The van der Waals surface area contributed by atoms with Crippen molar-refractivity contribution in [3.63, 3.8) is 0 Å². The van der Waals surface area contributed by atoms with Gasteiger partial charge in [0.05, 0.1) is 11.7 Å². The lowest BCUT2D eigenvalue weighted by Gasteiger charge is -1.96. The van der Waals surface area contributed by atoms with Gasteiger partial charge in [0.15, 0.2) is 11.0 Å². The molecule has 14 heavy (non-hydrogen) atoms. The zero-order chi connectivity index (χ0) is 9.97. The first kappa shape index (κ1) is 9.06. The fourth-order valence-corrected chi connectivity index (χ4v) is 1.58. The Kier molecular flexibility index (Phi) is 2.39. The Bertz CT molecular complexity index is 489. The Hall–Kier alpha value is -1.51. The van der Waals surface area contributed by atoms with Gasteiger partial charge in [0, 0.05) is 5.38 Å². The molecule has 0 aromatic carbocycles. The smallest absolute Gasteiger partial charge is 0.180 e. The van der Waals surface area contributed by atoms with Crippen LogP contribution in [-0.4, -0.2) is 15.0 Å². The van der Waals surface area contributed by atoms with Crippen molar-refractivity contribution in [2.45, 2.75) is 0 Å². The molecule has 2 rings (SSSR count). The van der Waals surface area contributed by atoms with Gasteiger partial charge in [0.2, 0.25) is 0 Å². The molecular weight excluding hydrogens is 220 g/mol. The number of rotatable bonds is 1. The molecule has 0 bridgehead atoms. The molecule has 2 aromatic heterocycles. The molecule has 2 heterocycles. The third-order valence-electron chi connectivity index (χ3n) is 1.52. The van der Waals surface area contributed by atoms with Gasteiger partial charge >= 0.3 is 0 Å². The maximum Gasteiger partial charge on any atom is 0.180 e. The Morgan fingerprint density at radius 3 is 2.86 bits per heavy atom. The van der Waals surface area contributed by atoms with Gasteiger partial charge in [-0.3, -0.25) is 0 Å². The predicted molar refractivity (Wildman–Crippen MR) is 52.9 cm³/mol. The SMILES string of the molecule is N#Cc1cnc(-c2cscn2)nc1Cl. The number of halogens is 1. The molecule has 6 heteroatoms. The average molecular weight is 223 g/mol. The number of nitrogens with zero attached hydrogens (tertiary/aromatic N) is 4. The molecule has 0 saturated heterocycles. The molecule has 0 atom stereocenters. The summed E-state index contributed by atoms with van der Waals surface area (Å²) < 4.78 is 0. The third kappa shape index (κ3) is 1.58. The molecule has 68 valence electrons. The Labute approximate surface area is 88.8 Å². The monoisotopic (exact) mass is 222 g/mol. The largest absolute Gasteiger partial charge is 0.241 e. The van der Waals surface area contributed by atoms with Crippen molar-refractivity contribution < 1.29 is 0 Å². The Morgan fingerprint density at radius 2 is 2.29 bits per heavy atom. The number of hydrogen-bond donors (Lipinski definition) is 0. The molecular formula is C8H3ClN4S. The molecule has 0 aliphatic rings. The van der Waals surface area contributed by atoms with Gasteiger partial charge in [-0.15, -0.1) is 11.3 Å². The van der Waals surface area contributed by atoms with Crippen molar-refractivity contribution in [3.8, 4) is 17.6 Å². The van der Waals surface area contributed by atoms with Gasteiger partial charge in [-0.25, -0.2) is 15.0 Å². The standard InChI is InChI=1S/C8H3ClN4S/c9-7-5(1-10)2-11-8(13-7)6-3-14-4-12-6/h2-4H. The van der Waals surface area contributed by atoms with Crippen molar-refractivity contribution in [2.75, 3.05) is 0 Å². The molecule has 0 amide bonds. The van der Waals surface area contributed by atoms with E-state index in [4.69, 9.17) is 16.9 Å². The van der Waals surface area contributed by atoms with Gasteiger partial charge in [-0.05, 0) is 0 Å². The summed E-state index contributed by atoms with van der Waals surface area (Å²) in [4.78, 5) is 12.0. The Balaban J connectivity index is 2.49. The first-order valence-corrected chi connectivity index (χ1v) is 4.94. The highest BCUT2D eigenvalue weighted by molar-refractivity contribution is 7.07. The van der Waals surface area contributed by atoms with E-state index in [-0.39, 0.29) is 10.7 Å². The quantitative estimate of drug-likeness (QED) is 0.694. The zero-order valence-corrected chi connectivity index (χ0v) is 8.38. The summed E-state index contributed by atoms with van der Waals surface area (Å²) in [5.41, 5.74) is 2.62. The topological polar surface area (TPSA) is 62.5 Å². The summed E-state index contributed by atoms with van der Waals surface area (Å²) in [5, 5.41) is 10.6. The first-order chi connectivity index (χ1) is 6.81. The number of thiazole rings is 1. The molecule has 0 aliphatic carbocycles. The van der Waals surface area contributed by atoms with Crippen LogP contribution in [0.4, 0.5) is 0 Å². The summed E-state index contributed by atoms with van der Waals surface area (Å²) in [5.74, 6) is 0.440. The van der Waals surface area contributed by atoms with Crippen molar-refractivity contribution >= 4 is 22.9 Å². The van der Waals surface area contributed by atoms with Crippen LogP contribution < -0.4 is 0 Å². The van der Waals surface area contributed by atoms with Crippen molar-refractivity contribution in [1.82, 2.24) is 15.0 Å². The van der Waals surface area contributed by atoms with Crippen LogP contribution in [0.15, 0.2) is 17.1 Å². The van der Waals surface area contributed by atoms with E-state index in [0.29, 0.717) is 11.5 Å². The third-order valence-corrected chi connectivity index (χ3v) is 2.40. The minimum Gasteiger partial charge on any atom is -0.241 e. The number of nitriles is 1. The van der Waals surface area contributed by atoms with Gasteiger partial charge < -0.3 is 0 Å². The lowest BCUT2D eigenvalue weighted by molar-refractivity contribution is 1.14. The first-order valence-electron chi connectivity index (χ1n) is 3.62. The van der Waals surface area contributed by atoms with Crippen LogP contribution in [0.2, 0.25) is 5.15 Å². The number of aromatic nitrogens is 3. The lowest BCUT2D eigenvalue weighted by atomic mass is 10.3. The fourth-order valence-electron chi connectivity index (χ4n) is 0.882. The zero-order valence-electron chi connectivity index (χ0n) is 6.81. The molecule has 0 aliphatic heterocycles. The van der Waals surface area contributed by atoms with Gasteiger partial charge in [-0.2, -0.15) is 5.26 Å². The molecule has 0 N–H and O–H groups in total. The highest BCUT2D eigenvalue weighted by atomic mass is 35.5. The van der Waals surface area contributed by atoms with Crippen LogP contribution in [0.3, 0.4) is 0 Å². The van der Waals surface area contributed by atoms with E-state index in [0.717, 1.165) is 0 Å². The van der Waals surface area contributed by atoms with Crippen LogP contribution in [-0.2, 0) is 0 Å². The fraction of sp³-hybridized carbons (Fsp3) is 0. The second-order valence-corrected chi connectivity index (χ2v) is 3.46. The van der Waals surface area contributed by atoms with E-state index in [1.54, 1.807) is 5.51 Å². The molecule has 0 fully saturated rings. The summed E-state index contributed by atoms with van der Waals surface area (Å²) in [6.07, 6.45) is 1.39. The van der Waals surface area contributed by atoms with E-state index in [9.17, 15) is 0 Å². The summed E-state index contributed by atoms with van der Waals surface area (Å²) in [6.45, 7) is 0. The highest BCUT2D eigenvalue weighted by Gasteiger charge is 2.07. The van der Waals surface area contributed by atoms with E-state index < -0.39 is 0 Å². The summed E-state index contributed by atoms with van der Waals surface area (Å²) in [6, 6.07) is 1.89. The van der Waals surface area contributed by atoms with Crippen molar-refractivity contribution in [3.05, 3.63) is 27.8 Å². The van der Waals surface area contributed by atoms with Crippen LogP contribution in [0.1, 0.15) is 5.56 Å². The van der Waals surface area contributed by atoms with Gasteiger partial charge in [0.1, 0.15) is 17.3 Å². The normalized spacial score (nSPS) is 9.71. The summed E-state index contributed by atoms with van der Waals surface area (Å²) >= 11 is 7.20. The second kappa shape index (κ2) is 3.70. The van der Waals surface area contributed by atoms with E-state index in [2.05, 4.69) is 15.0 Å². The average Bonchev–Trinajstić information content (AvgIpc) is 2.70. The van der Waals surface area contributed by atoms with Crippen LogP contribution in [0.5, 0.6) is 0 Å². The van der Waals surface area contributed by atoms with Crippen LogP contribution in [0.25, 0.3) is 11.5 Å². The molecule has 0 spiro atoms. The molecule has 0 radical (unpaired) electrons. The molecule has 4 nitrogen and oxygen atoms in total. The van der Waals surface area contributed by atoms with Crippen molar-refractivity contribution in [1.29, 1.82) is 5.26 Å². The van der Waals surface area contributed by atoms with E-state index in [1.807, 2.05) is 11.4 Å². The number of hydrogen-bond acceptors (Lipinski definition) is 5. The predicted octanol–water partition coefficient (Wildman–Crippen LogP) is 2.13. The summed E-state index contributed by atoms with van der Waals surface area (Å²) in [7, 11) is 0. The van der Waals surface area contributed by atoms with E-state index in [1.165, 1.54) is 17.5 Å².